The summed E-state index contributed by atoms with van der Waals surface area (Å²) in [6.45, 7) is 15.1. The smallest absolute Gasteiger partial charge is 0.303 e. The monoisotopic (exact) mass is 490 g/mol. The molecule has 200 valence electrons. The van der Waals surface area contributed by atoms with Gasteiger partial charge in [0.2, 0.25) is 0 Å². The molecule has 0 bridgehead atoms. The standard InChI is InChI=1S/C30H50O5/c1-17(2)18(3)8-9-19(4)22-10-11-23-25-24(13-14-28(22,23)6)29(7)15-12-21(32)16-30(29,34)27(33)26(25)35-20(5)31/h8-9,17-19,21-27,32-34H,10-16H2,1-7H3. The van der Waals surface area contributed by atoms with E-state index in [-0.39, 0.29) is 23.7 Å². The maximum absolute atomic E-state index is 12.2. The van der Waals surface area contributed by atoms with E-state index in [0.29, 0.717) is 42.4 Å². The first-order chi connectivity index (χ1) is 16.3. The number of aliphatic hydroxyl groups is 3. The molecule has 0 amide bonds. The van der Waals surface area contributed by atoms with Crippen LogP contribution in [0.3, 0.4) is 0 Å². The van der Waals surface area contributed by atoms with Crippen LogP contribution in [0.2, 0.25) is 0 Å². The van der Waals surface area contributed by atoms with Gasteiger partial charge in [-0.25, -0.2) is 0 Å². The van der Waals surface area contributed by atoms with Crippen molar-refractivity contribution in [1.29, 1.82) is 0 Å². The van der Waals surface area contributed by atoms with Gasteiger partial charge in [-0.05, 0) is 79.4 Å². The number of rotatable bonds is 5. The molecule has 0 radical (unpaired) electrons. The Labute approximate surface area is 212 Å². The Morgan fingerprint density at radius 2 is 1.66 bits per heavy atom. The molecule has 0 aromatic rings. The summed E-state index contributed by atoms with van der Waals surface area (Å²) in [5.74, 6) is 2.35. The molecule has 4 saturated carbocycles. The van der Waals surface area contributed by atoms with Gasteiger partial charge in [0.25, 0.3) is 0 Å². The lowest BCUT2D eigenvalue weighted by Gasteiger charge is -2.66. The fourth-order valence-electron chi connectivity index (χ4n) is 9.17. The first kappa shape index (κ1) is 27.1. The molecule has 5 nitrogen and oxygen atoms in total. The Bertz CT molecular complexity index is 824. The second kappa shape index (κ2) is 9.44. The lowest BCUT2D eigenvalue weighted by atomic mass is 9.41. The third kappa shape index (κ3) is 4.22. The van der Waals surface area contributed by atoms with Crippen molar-refractivity contribution >= 4 is 5.97 Å². The lowest BCUT2D eigenvalue weighted by molar-refractivity contribution is -0.299. The third-order valence-electron chi connectivity index (χ3n) is 11.6. The number of allylic oxidation sites excluding steroid dienone is 2. The highest BCUT2D eigenvalue weighted by atomic mass is 16.6. The van der Waals surface area contributed by atoms with Crippen LogP contribution >= 0.6 is 0 Å². The number of aliphatic hydroxyl groups excluding tert-OH is 2. The topological polar surface area (TPSA) is 87.0 Å². The van der Waals surface area contributed by atoms with Gasteiger partial charge in [0.1, 0.15) is 17.8 Å². The molecule has 0 aliphatic heterocycles. The zero-order chi connectivity index (χ0) is 25.9. The maximum Gasteiger partial charge on any atom is 0.303 e. The first-order valence-electron chi connectivity index (χ1n) is 14.2. The number of hydrogen-bond donors (Lipinski definition) is 3. The summed E-state index contributed by atoms with van der Waals surface area (Å²) in [5, 5.41) is 34.0. The summed E-state index contributed by atoms with van der Waals surface area (Å²) in [5.41, 5.74) is -1.82. The van der Waals surface area contributed by atoms with E-state index < -0.39 is 35.3 Å². The number of esters is 1. The van der Waals surface area contributed by atoms with Crippen molar-refractivity contribution < 1.29 is 24.9 Å². The summed E-state index contributed by atoms with van der Waals surface area (Å²) < 4.78 is 5.88. The van der Waals surface area contributed by atoms with Crippen LogP contribution in [0, 0.1) is 52.3 Å². The van der Waals surface area contributed by atoms with Gasteiger partial charge in [0.05, 0.1) is 6.10 Å². The minimum atomic E-state index is -1.44. The highest BCUT2D eigenvalue weighted by Gasteiger charge is 2.71. The molecule has 3 N–H and O–H groups in total. The van der Waals surface area contributed by atoms with E-state index in [0.717, 1.165) is 25.7 Å². The van der Waals surface area contributed by atoms with Crippen molar-refractivity contribution in [3.63, 3.8) is 0 Å². The largest absolute Gasteiger partial charge is 0.459 e. The van der Waals surface area contributed by atoms with Gasteiger partial charge in [0, 0.05) is 24.7 Å². The van der Waals surface area contributed by atoms with Crippen molar-refractivity contribution in [1.82, 2.24) is 0 Å². The van der Waals surface area contributed by atoms with Crippen LogP contribution in [-0.4, -0.2) is 45.2 Å². The molecule has 4 aliphatic rings. The summed E-state index contributed by atoms with van der Waals surface area (Å²) in [4.78, 5) is 12.2. The molecule has 0 aromatic carbocycles. The van der Waals surface area contributed by atoms with Gasteiger partial charge >= 0.3 is 5.97 Å². The minimum Gasteiger partial charge on any atom is -0.459 e. The summed E-state index contributed by atoms with van der Waals surface area (Å²) in [7, 11) is 0. The van der Waals surface area contributed by atoms with Crippen molar-refractivity contribution in [3.8, 4) is 0 Å². The van der Waals surface area contributed by atoms with Gasteiger partial charge in [-0.2, -0.15) is 0 Å². The van der Waals surface area contributed by atoms with Crippen molar-refractivity contribution in [3.05, 3.63) is 12.2 Å². The Morgan fingerprint density at radius 1 is 0.971 bits per heavy atom. The molecule has 12 atom stereocenters. The fourth-order valence-corrected chi connectivity index (χ4v) is 9.17. The van der Waals surface area contributed by atoms with Crippen LogP contribution in [-0.2, 0) is 9.53 Å². The predicted molar refractivity (Wildman–Crippen MR) is 137 cm³/mol. The molecule has 4 rings (SSSR count). The van der Waals surface area contributed by atoms with E-state index in [1.807, 2.05) is 0 Å². The molecule has 0 heterocycles. The lowest BCUT2D eigenvalue weighted by Crippen LogP contribution is -2.73. The van der Waals surface area contributed by atoms with Crippen LogP contribution in [0.5, 0.6) is 0 Å². The molecule has 12 unspecified atom stereocenters. The molecule has 0 aromatic heterocycles. The Morgan fingerprint density at radius 3 is 2.29 bits per heavy atom. The number of carbonyl (C=O) groups excluding carboxylic acids is 1. The van der Waals surface area contributed by atoms with E-state index in [2.05, 4.69) is 53.7 Å². The summed E-state index contributed by atoms with van der Waals surface area (Å²) in [6.07, 6.45) is 8.03. The number of ether oxygens (including phenoxy) is 1. The number of hydrogen-bond acceptors (Lipinski definition) is 5. The van der Waals surface area contributed by atoms with Crippen molar-refractivity contribution in [2.45, 2.75) is 117 Å². The quantitative estimate of drug-likeness (QED) is 0.368. The van der Waals surface area contributed by atoms with Crippen molar-refractivity contribution in [2.75, 3.05) is 0 Å². The average molecular weight is 491 g/mol. The van der Waals surface area contributed by atoms with Gasteiger partial charge in [-0.3, -0.25) is 4.79 Å². The average Bonchev–Trinajstić information content (AvgIpc) is 3.13. The van der Waals surface area contributed by atoms with E-state index in [1.54, 1.807) is 0 Å². The van der Waals surface area contributed by atoms with Crippen LogP contribution < -0.4 is 0 Å². The minimum absolute atomic E-state index is 0.0314. The van der Waals surface area contributed by atoms with E-state index >= 15 is 0 Å². The van der Waals surface area contributed by atoms with Crippen molar-refractivity contribution in [2.24, 2.45) is 52.3 Å². The van der Waals surface area contributed by atoms with E-state index in [4.69, 9.17) is 4.74 Å². The molecule has 35 heavy (non-hydrogen) atoms. The molecule has 0 saturated heterocycles. The molecule has 4 fully saturated rings. The highest BCUT2D eigenvalue weighted by molar-refractivity contribution is 5.66. The molecular formula is C30H50O5. The molecule has 5 heteroatoms. The Balaban J connectivity index is 1.68. The zero-order valence-electron chi connectivity index (χ0n) is 23.0. The summed E-state index contributed by atoms with van der Waals surface area (Å²) in [6, 6.07) is 0. The second-order valence-corrected chi connectivity index (χ2v) is 13.6. The van der Waals surface area contributed by atoms with Gasteiger partial charge in [0.15, 0.2) is 0 Å². The van der Waals surface area contributed by atoms with E-state index in [9.17, 15) is 20.1 Å². The fraction of sp³-hybridized carbons (Fsp3) is 0.900. The normalized spacial score (nSPS) is 49.3. The van der Waals surface area contributed by atoms with Crippen LogP contribution in [0.4, 0.5) is 0 Å². The zero-order valence-corrected chi connectivity index (χ0v) is 23.0. The molecular weight excluding hydrogens is 440 g/mol. The second-order valence-electron chi connectivity index (χ2n) is 13.6. The summed E-state index contributed by atoms with van der Waals surface area (Å²) >= 11 is 0. The SMILES string of the molecule is CC(=O)OC1C2C3CCC(C(C)C=CC(C)C(C)C)C3(C)CCC2C2(C)CCC(O)CC2(O)C1O. The van der Waals surface area contributed by atoms with Gasteiger partial charge in [-0.1, -0.05) is 53.7 Å². The van der Waals surface area contributed by atoms with Crippen LogP contribution in [0.25, 0.3) is 0 Å². The van der Waals surface area contributed by atoms with Gasteiger partial charge in [-0.15, -0.1) is 0 Å². The maximum atomic E-state index is 12.2. The number of carbonyl (C=O) groups is 1. The predicted octanol–water partition coefficient (Wildman–Crippen LogP) is 5.12. The molecule has 4 aliphatic carbocycles. The van der Waals surface area contributed by atoms with Gasteiger partial charge < -0.3 is 20.1 Å². The van der Waals surface area contributed by atoms with E-state index in [1.165, 1.54) is 6.92 Å². The third-order valence-corrected chi connectivity index (χ3v) is 11.6. The Hall–Kier alpha value is -0.910. The van der Waals surface area contributed by atoms with Crippen LogP contribution in [0.15, 0.2) is 12.2 Å². The molecule has 0 spiro atoms. The Kier molecular flexibility index (Phi) is 7.32. The highest BCUT2D eigenvalue weighted by Crippen LogP contribution is 2.69. The number of fused-ring (bicyclic) bond motifs is 5. The first-order valence-corrected chi connectivity index (χ1v) is 14.2. The van der Waals surface area contributed by atoms with Crippen LogP contribution in [0.1, 0.15) is 93.4 Å².